The van der Waals surface area contributed by atoms with E-state index in [1.54, 1.807) is 38.1 Å². The van der Waals surface area contributed by atoms with E-state index in [4.69, 9.17) is 14.2 Å². The molecule has 0 saturated heterocycles. The predicted molar refractivity (Wildman–Crippen MR) is 84.8 cm³/mol. The van der Waals surface area contributed by atoms with E-state index >= 15 is 0 Å². The number of benzene rings is 1. The zero-order chi connectivity index (χ0) is 17.5. The van der Waals surface area contributed by atoms with Gasteiger partial charge in [-0.05, 0) is 26.0 Å². The van der Waals surface area contributed by atoms with Crippen molar-refractivity contribution in [2.45, 2.75) is 20.4 Å². The van der Waals surface area contributed by atoms with Crippen LogP contribution in [0.2, 0.25) is 0 Å². The topological polar surface area (TPSA) is 96.7 Å². The number of hydrogen-bond donors (Lipinski definition) is 0. The van der Waals surface area contributed by atoms with E-state index < -0.39 is 17.5 Å². The lowest BCUT2D eigenvalue weighted by molar-refractivity contribution is -0.146. The quantitative estimate of drug-likeness (QED) is 0.694. The zero-order valence-corrected chi connectivity index (χ0v) is 13.5. The van der Waals surface area contributed by atoms with Gasteiger partial charge in [0, 0.05) is 0 Å². The second kappa shape index (κ2) is 8.09. The highest BCUT2D eigenvalue weighted by Gasteiger charge is 2.15. The molecule has 1 aromatic carbocycles. The van der Waals surface area contributed by atoms with Crippen molar-refractivity contribution in [1.82, 2.24) is 9.78 Å². The van der Waals surface area contributed by atoms with Gasteiger partial charge in [-0.25, -0.2) is 9.48 Å². The maximum Gasteiger partial charge on any atom is 0.344 e. The molecule has 8 nitrogen and oxygen atoms in total. The predicted octanol–water partition coefficient (Wildman–Crippen LogP) is 0.901. The lowest BCUT2D eigenvalue weighted by Gasteiger charge is -2.11. The first kappa shape index (κ1) is 17.5. The van der Waals surface area contributed by atoms with Gasteiger partial charge in [0.05, 0.1) is 24.0 Å². The van der Waals surface area contributed by atoms with Gasteiger partial charge in [0.1, 0.15) is 6.54 Å². The summed E-state index contributed by atoms with van der Waals surface area (Å²) in [5, 5.41) is 4.81. The monoisotopic (exact) mass is 334 g/mol. The van der Waals surface area contributed by atoms with Gasteiger partial charge in [0.2, 0.25) is 5.88 Å². The summed E-state index contributed by atoms with van der Waals surface area (Å²) in [6, 6.07) is 6.65. The van der Waals surface area contributed by atoms with Gasteiger partial charge in [-0.15, -0.1) is 5.10 Å². The van der Waals surface area contributed by atoms with Crippen molar-refractivity contribution in [1.29, 1.82) is 0 Å². The molecule has 0 aliphatic rings. The smallest absolute Gasteiger partial charge is 0.344 e. The van der Waals surface area contributed by atoms with Crippen LogP contribution in [-0.4, -0.2) is 41.5 Å². The standard InChI is InChI=1S/C16H18N2O6/c1-3-22-13(19)9-18-16(21)12-8-6-5-7-11(12)15(17-18)24-10-14(20)23-4-2/h5-8H,3-4,9-10H2,1-2H3. The Kier molecular flexibility index (Phi) is 5.89. The van der Waals surface area contributed by atoms with E-state index in [-0.39, 0.29) is 32.2 Å². The van der Waals surface area contributed by atoms with Crippen LogP contribution in [0.1, 0.15) is 13.8 Å². The average molecular weight is 334 g/mol. The average Bonchev–Trinajstić information content (AvgIpc) is 2.57. The SMILES string of the molecule is CCOC(=O)COc1nn(CC(=O)OCC)c(=O)c2ccccc12. The van der Waals surface area contributed by atoms with Gasteiger partial charge in [-0.3, -0.25) is 9.59 Å². The van der Waals surface area contributed by atoms with E-state index in [0.29, 0.717) is 10.8 Å². The van der Waals surface area contributed by atoms with Crippen molar-refractivity contribution in [3.8, 4) is 5.88 Å². The lowest BCUT2D eigenvalue weighted by atomic mass is 10.2. The minimum Gasteiger partial charge on any atom is -0.465 e. The molecular weight excluding hydrogens is 316 g/mol. The largest absolute Gasteiger partial charge is 0.465 e. The van der Waals surface area contributed by atoms with E-state index in [1.807, 2.05) is 0 Å². The van der Waals surface area contributed by atoms with Crippen LogP contribution in [-0.2, 0) is 25.6 Å². The summed E-state index contributed by atoms with van der Waals surface area (Å²) in [7, 11) is 0. The summed E-state index contributed by atoms with van der Waals surface area (Å²) in [6.07, 6.45) is 0. The highest BCUT2D eigenvalue weighted by atomic mass is 16.6. The summed E-state index contributed by atoms with van der Waals surface area (Å²) < 4.78 is 16.0. The van der Waals surface area contributed by atoms with Crippen LogP contribution < -0.4 is 10.3 Å². The second-order valence-electron chi connectivity index (χ2n) is 4.71. The Bertz CT molecular complexity index is 799. The summed E-state index contributed by atoms with van der Waals surface area (Å²) in [4.78, 5) is 35.5. The molecule has 24 heavy (non-hydrogen) atoms. The van der Waals surface area contributed by atoms with Crippen LogP contribution in [0.15, 0.2) is 29.1 Å². The summed E-state index contributed by atoms with van der Waals surface area (Å²) in [5.74, 6) is -1.06. The normalized spacial score (nSPS) is 10.4. The van der Waals surface area contributed by atoms with Crippen LogP contribution in [0.4, 0.5) is 0 Å². The van der Waals surface area contributed by atoms with Gasteiger partial charge in [-0.2, -0.15) is 0 Å². The van der Waals surface area contributed by atoms with Gasteiger partial charge < -0.3 is 14.2 Å². The molecule has 8 heteroatoms. The Morgan fingerprint density at radius 2 is 1.67 bits per heavy atom. The van der Waals surface area contributed by atoms with Gasteiger partial charge in [-0.1, -0.05) is 12.1 Å². The van der Waals surface area contributed by atoms with Crippen LogP contribution in [0.5, 0.6) is 5.88 Å². The van der Waals surface area contributed by atoms with Crippen molar-refractivity contribution < 1.29 is 23.8 Å². The van der Waals surface area contributed by atoms with E-state index in [1.165, 1.54) is 0 Å². The van der Waals surface area contributed by atoms with Crippen molar-refractivity contribution >= 4 is 22.7 Å². The molecular formula is C16H18N2O6. The number of rotatable bonds is 7. The minimum absolute atomic E-state index is 0.0718. The van der Waals surface area contributed by atoms with Gasteiger partial charge in [0.25, 0.3) is 5.56 Å². The van der Waals surface area contributed by atoms with Gasteiger partial charge >= 0.3 is 11.9 Å². The number of ether oxygens (including phenoxy) is 3. The van der Waals surface area contributed by atoms with Crippen molar-refractivity contribution in [2.75, 3.05) is 19.8 Å². The zero-order valence-electron chi connectivity index (χ0n) is 13.5. The third kappa shape index (κ3) is 4.09. The Morgan fingerprint density at radius 1 is 1.04 bits per heavy atom. The molecule has 128 valence electrons. The second-order valence-corrected chi connectivity index (χ2v) is 4.71. The van der Waals surface area contributed by atoms with Crippen molar-refractivity contribution in [3.63, 3.8) is 0 Å². The molecule has 0 N–H and O–H groups in total. The molecule has 0 atom stereocenters. The number of carbonyl (C=O) groups excluding carboxylic acids is 2. The number of fused-ring (bicyclic) bond motifs is 1. The molecule has 0 radical (unpaired) electrons. The molecule has 0 unspecified atom stereocenters. The molecule has 1 aromatic heterocycles. The number of esters is 2. The van der Waals surface area contributed by atoms with Crippen LogP contribution >= 0.6 is 0 Å². The first-order valence-corrected chi connectivity index (χ1v) is 7.50. The molecule has 0 aliphatic heterocycles. The van der Waals surface area contributed by atoms with E-state index in [0.717, 1.165) is 4.68 Å². The molecule has 0 bridgehead atoms. The fourth-order valence-electron chi connectivity index (χ4n) is 2.08. The molecule has 0 spiro atoms. The lowest BCUT2D eigenvalue weighted by Crippen LogP contribution is -2.28. The Labute approximate surface area is 137 Å². The molecule has 1 heterocycles. The van der Waals surface area contributed by atoms with Crippen molar-refractivity contribution in [3.05, 3.63) is 34.6 Å². The van der Waals surface area contributed by atoms with E-state index in [9.17, 15) is 14.4 Å². The number of carbonyl (C=O) groups is 2. The summed E-state index contributed by atoms with van der Waals surface area (Å²) >= 11 is 0. The molecule has 0 aliphatic carbocycles. The minimum atomic E-state index is -0.585. The number of nitrogens with zero attached hydrogens (tertiary/aromatic N) is 2. The Morgan fingerprint density at radius 3 is 2.33 bits per heavy atom. The maximum absolute atomic E-state index is 12.4. The fraction of sp³-hybridized carbons (Fsp3) is 0.375. The van der Waals surface area contributed by atoms with Crippen molar-refractivity contribution in [2.24, 2.45) is 0 Å². The summed E-state index contributed by atoms with van der Waals surface area (Å²) in [5.41, 5.74) is -0.442. The first-order chi connectivity index (χ1) is 11.6. The molecule has 2 rings (SSSR count). The fourth-order valence-corrected chi connectivity index (χ4v) is 2.08. The third-order valence-corrected chi connectivity index (χ3v) is 3.05. The Balaban J connectivity index is 2.37. The highest BCUT2D eigenvalue weighted by Crippen LogP contribution is 2.20. The number of aromatic nitrogens is 2. The van der Waals surface area contributed by atoms with Crippen LogP contribution in [0.25, 0.3) is 10.8 Å². The van der Waals surface area contributed by atoms with Gasteiger partial charge in [0.15, 0.2) is 6.61 Å². The maximum atomic E-state index is 12.4. The molecule has 2 aromatic rings. The number of hydrogen-bond acceptors (Lipinski definition) is 7. The first-order valence-electron chi connectivity index (χ1n) is 7.50. The summed E-state index contributed by atoms with van der Waals surface area (Å²) in [6.45, 7) is 3.11. The molecule has 0 saturated carbocycles. The van der Waals surface area contributed by atoms with Crippen LogP contribution in [0, 0.1) is 0 Å². The third-order valence-electron chi connectivity index (χ3n) is 3.05. The molecule has 0 fully saturated rings. The highest BCUT2D eigenvalue weighted by molar-refractivity contribution is 5.86. The molecule has 0 amide bonds. The van der Waals surface area contributed by atoms with E-state index in [2.05, 4.69) is 5.10 Å². The van der Waals surface area contributed by atoms with Crippen LogP contribution in [0.3, 0.4) is 0 Å². The Hall–Kier alpha value is -2.90.